The fourth-order valence-corrected chi connectivity index (χ4v) is 3.47. The van der Waals surface area contributed by atoms with E-state index in [0.717, 1.165) is 20.9 Å². The first-order valence-electron chi connectivity index (χ1n) is 6.85. The predicted molar refractivity (Wildman–Crippen MR) is 94.4 cm³/mol. The van der Waals surface area contributed by atoms with E-state index in [1.54, 1.807) is 11.8 Å². The molecule has 0 aliphatic carbocycles. The molecule has 0 bridgehead atoms. The van der Waals surface area contributed by atoms with Crippen molar-refractivity contribution in [3.8, 4) is 0 Å². The maximum absolute atomic E-state index is 5.91. The molecule has 2 aromatic rings. The van der Waals surface area contributed by atoms with Crippen LogP contribution < -0.4 is 5.32 Å². The van der Waals surface area contributed by atoms with Crippen molar-refractivity contribution >= 4 is 44.4 Å². The Morgan fingerprint density at radius 3 is 2.50 bits per heavy atom. The second-order valence-electron chi connectivity index (χ2n) is 4.88. The SMILES string of the molecule is Brc1ccc(NC2=NC3N=C(c4ccccc4)OC3S2)cc1. The summed E-state index contributed by atoms with van der Waals surface area (Å²) in [5.74, 6) is 0.676. The summed E-state index contributed by atoms with van der Waals surface area (Å²) in [6.45, 7) is 0. The Kier molecular flexibility index (Phi) is 3.63. The van der Waals surface area contributed by atoms with Crippen LogP contribution in [0.15, 0.2) is 69.1 Å². The molecule has 0 spiro atoms. The van der Waals surface area contributed by atoms with Gasteiger partial charge in [-0.05, 0) is 48.2 Å². The minimum absolute atomic E-state index is 0.0758. The highest BCUT2D eigenvalue weighted by atomic mass is 79.9. The Morgan fingerprint density at radius 2 is 1.77 bits per heavy atom. The summed E-state index contributed by atoms with van der Waals surface area (Å²) in [5.41, 5.74) is 1.92. The summed E-state index contributed by atoms with van der Waals surface area (Å²) in [4.78, 5) is 9.15. The number of rotatable bonds is 2. The van der Waals surface area contributed by atoms with E-state index < -0.39 is 0 Å². The molecule has 2 heterocycles. The number of amidine groups is 1. The van der Waals surface area contributed by atoms with E-state index in [1.165, 1.54) is 0 Å². The zero-order chi connectivity index (χ0) is 14.9. The molecule has 2 unspecified atom stereocenters. The van der Waals surface area contributed by atoms with Crippen LogP contribution in [0.3, 0.4) is 0 Å². The molecular weight excluding hydrogens is 362 g/mol. The third kappa shape index (κ3) is 2.76. The number of hydrogen-bond acceptors (Lipinski definition) is 5. The lowest BCUT2D eigenvalue weighted by Gasteiger charge is -2.09. The molecule has 4 rings (SSSR count). The van der Waals surface area contributed by atoms with Gasteiger partial charge in [-0.3, -0.25) is 0 Å². The highest BCUT2D eigenvalue weighted by Gasteiger charge is 2.38. The van der Waals surface area contributed by atoms with Crippen molar-refractivity contribution in [3.63, 3.8) is 0 Å². The van der Waals surface area contributed by atoms with E-state index in [-0.39, 0.29) is 11.6 Å². The Morgan fingerprint density at radius 1 is 1.00 bits per heavy atom. The van der Waals surface area contributed by atoms with Gasteiger partial charge in [-0.15, -0.1) is 0 Å². The van der Waals surface area contributed by atoms with Gasteiger partial charge in [0.1, 0.15) is 0 Å². The minimum Gasteiger partial charge on any atom is -0.458 e. The fourth-order valence-electron chi connectivity index (χ4n) is 2.26. The van der Waals surface area contributed by atoms with Crippen LogP contribution in [-0.2, 0) is 4.74 Å². The number of nitrogens with one attached hydrogen (secondary N) is 1. The molecule has 2 aromatic carbocycles. The lowest BCUT2D eigenvalue weighted by Crippen LogP contribution is -2.13. The van der Waals surface area contributed by atoms with Crippen molar-refractivity contribution in [2.45, 2.75) is 11.6 Å². The number of ether oxygens (including phenoxy) is 1. The summed E-state index contributed by atoms with van der Waals surface area (Å²) < 4.78 is 6.96. The first-order valence-corrected chi connectivity index (χ1v) is 8.52. The minimum atomic E-state index is -0.168. The number of thioether (sulfide) groups is 1. The van der Waals surface area contributed by atoms with Gasteiger partial charge >= 0.3 is 0 Å². The van der Waals surface area contributed by atoms with Gasteiger partial charge in [-0.2, -0.15) is 0 Å². The Labute approximate surface area is 140 Å². The molecule has 0 saturated heterocycles. The highest BCUT2D eigenvalue weighted by molar-refractivity contribution is 9.10. The van der Waals surface area contributed by atoms with Crippen molar-refractivity contribution < 1.29 is 4.74 Å². The summed E-state index contributed by atoms with van der Waals surface area (Å²) >= 11 is 4.99. The van der Waals surface area contributed by atoms with Gasteiger partial charge in [0, 0.05) is 15.7 Å². The smallest absolute Gasteiger partial charge is 0.219 e. The Hall–Kier alpha value is -1.79. The summed E-state index contributed by atoms with van der Waals surface area (Å²) in [6, 6.07) is 17.9. The lowest BCUT2D eigenvalue weighted by atomic mass is 10.2. The molecule has 1 N–H and O–H groups in total. The van der Waals surface area contributed by atoms with Gasteiger partial charge in [-0.25, -0.2) is 9.98 Å². The average Bonchev–Trinajstić information content (AvgIpc) is 3.09. The van der Waals surface area contributed by atoms with Gasteiger partial charge in [-0.1, -0.05) is 34.1 Å². The van der Waals surface area contributed by atoms with Crippen molar-refractivity contribution in [1.82, 2.24) is 0 Å². The monoisotopic (exact) mass is 373 g/mol. The second-order valence-corrected chi connectivity index (χ2v) is 6.89. The number of anilines is 1. The van der Waals surface area contributed by atoms with E-state index >= 15 is 0 Å². The van der Waals surface area contributed by atoms with Gasteiger partial charge in [0.2, 0.25) is 5.90 Å². The third-order valence-corrected chi connectivity index (χ3v) is 4.85. The molecule has 110 valence electrons. The third-order valence-electron chi connectivity index (χ3n) is 3.31. The van der Waals surface area contributed by atoms with Crippen LogP contribution in [0.2, 0.25) is 0 Å². The molecular formula is C16H12BrN3OS. The van der Waals surface area contributed by atoms with Crippen molar-refractivity contribution in [2.24, 2.45) is 9.98 Å². The molecule has 2 atom stereocenters. The number of aliphatic imine (C=N–C) groups is 2. The molecule has 2 aliphatic heterocycles. The number of nitrogens with zero attached hydrogens (tertiary/aromatic N) is 2. The van der Waals surface area contributed by atoms with Crippen LogP contribution in [0.1, 0.15) is 5.56 Å². The molecule has 0 fully saturated rings. The van der Waals surface area contributed by atoms with Gasteiger partial charge < -0.3 is 10.1 Å². The summed E-state index contributed by atoms with van der Waals surface area (Å²) in [7, 11) is 0. The predicted octanol–water partition coefficient (Wildman–Crippen LogP) is 4.09. The topological polar surface area (TPSA) is 46.0 Å². The fraction of sp³-hybridized carbons (Fsp3) is 0.125. The normalized spacial score (nSPS) is 22.6. The number of fused-ring (bicyclic) bond motifs is 1. The zero-order valence-electron chi connectivity index (χ0n) is 11.4. The second kappa shape index (κ2) is 5.78. The first kappa shape index (κ1) is 13.8. The van der Waals surface area contributed by atoms with Crippen LogP contribution in [-0.4, -0.2) is 22.7 Å². The molecule has 2 aliphatic rings. The first-order chi connectivity index (χ1) is 10.8. The van der Waals surface area contributed by atoms with E-state index in [2.05, 4.69) is 31.2 Å². The zero-order valence-corrected chi connectivity index (χ0v) is 13.8. The van der Waals surface area contributed by atoms with E-state index in [9.17, 15) is 0 Å². The molecule has 0 saturated carbocycles. The standard InChI is InChI=1S/C16H12BrN3OS/c17-11-6-8-12(9-7-11)18-16-20-13-15(22-16)21-14(19-13)10-4-2-1-3-5-10/h1-9,13,15H,(H,18,20). The number of hydrogen-bond donors (Lipinski definition) is 1. The van der Waals surface area contributed by atoms with Crippen LogP contribution in [0, 0.1) is 0 Å². The lowest BCUT2D eigenvalue weighted by molar-refractivity contribution is 0.289. The van der Waals surface area contributed by atoms with Gasteiger partial charge in [0.25, 0.3) is 0 Å². The van der Waals surface area contributed by atoms with E-state index in [1.807, 2.05) is 54.6 Å². The average molecular weight is 374 g/mol. The van der Waals surface area contributed by atoms with Crippen LogP contribution >= 0.6 is 27.7 Å². The largest absolute Gasteiger partial charge is 0.458 e. The molecule has 0 amide bonds. The summed E-state index contributed by atoms with van der Waals surface area (Å²) in [5, 5.41) is 4.14. The maximum atomic E-state index is 5.91. The Balaban J connectivity index is 1.49. The molecule has 22 heavy (non-hydrogen) atoms. The number of benzene rings is 2. The van der Waals surface area contributed by atoms with Gasteiger partial charge in [0.15, 0.2) is 16.8 Å². The molecule has 6 heteroatoms. The van der Waals surface area contributed by atoms with Gasteiger partial charge in [0.05, 0.1) is 0 Å². The van der Waals surface area contributed by atoms with E-state index in [0.29, 0.717) is 5.90 Å². The highest BCUT2D eigenvalue weighted by Crippen LogP contribution is 2.34. The molecule has 0 radical (unpaired) electrons. The van der Waals surface area contributed by atoms with Crippen molar-refractivity contribution in [3.05, 3.63) is 64.6 Å². The van der Waals surface area contributed by atoms with Crippen molar-refractivity contribution in [1.29, 1.82) is 0 Å². The van der Waals surface area contributed by atoms with Crippen LogP contribution in [0.4, 0.5) is 5.69 Å². The van der Waals surface area contributed by atoms with Crippen LogP contribution in [0.5, 0.6) is 0 Å². The van der Waals surface area contributed by atoms with Crippen molar-refractivity contribution in [2.75, 3.05) is 5.32 Å². The molecule has 0 aromatic heterocycles. The number of halogens is 1. The summed E-state index contributed by atoms with van der Waals surface area (Å²) in [6.07, 6.45) is -0.168. The van der Waals surface area contributed by atoms with Crippen LogP contribution in [0.25, 0.3) is 0 Å². The maximum Gasteiger partial charge on any atom is 0.219 e. The molecule has 4 nitrogen and oxygen atoms in total. The quantitative estimate of drug-likeness (QED) is 0.861. The van der Waals surface area contributed by atoms with E-state index in [4.69, 9.17) is 4.74 Å². The Bertz CT molecular complexity index is 746.